The van der Waals surface area contributed by atoms with Crippen LogP contribution in [-0.2, 0) is 20.0 Å². The van der Waals surface area contributed by atoms with Gasteiger partial charge in [-0.15, -0.1) is 0 Å². The monoisotopic (exact) mass is 406 g/mol. The molecule has 1 heterocycles. The van der Waals surface area contributed by atoms with E-state index in [0.29, 0.717) is 12.2 Å². The zero-order chi connectivity index (χ0) is 19.4. The molecule has 1 fully saturated rings. The Morgan fingerprint density at radius 3 is 2.12 bits per heavy atom. The highest BCUT2D eigenvalue weighted by Crippen LogP contribution is 2.31. The van der Waals surface area contributed by atoms with Gasteiger partial charge in [0, 0.05) is 32.2 Å². The van der Waals surface area contributed by atoms with Crippen LogP contribution in [0.15, 0.2) is 23.1 Å². The SMILES string of the molecule is CCCCS(=O)(=O)N1CCN(S(=O)(=O)c2cc(OC)ccc2OC)CC1. The van der Waals surface area contributed by atoms with Gasteiger partial charge >= 0.3 is 0 Å². The van der Waals surface area contributed by atoms with Crippen molar-refractivity contribution < 1.29 is 26.3 Å². The lowest BCUT2D eigenvalue weighted by atomic mass is 10.3. The van der Waals surface area contributed by atoms with E-state index in [1.54, 1.807) is 6.07 Å². The second-order valence-electron chi connectivity index (χ2n) is 5.99. The maximum Gasteiger partial charge on any atom is 0.246 e. The van der Waals surface area contributed by atoms with Gasteiger partial charge in [-0.2, -0.15) is 8.61 Å². The van der Waals surface area contributed by atoms with E-state index in [1.165, 1.54) is 35.0 Å². The molecule has 26 heavy (non-hydrogen) atoms. The van der Waals surface area contributed by atoms with Crippen LogP contribution >= 0.6 is 0 Å². The second-order valence-corrected chi connectivity index (χ2v) is 9.98. The van der Waals surface area contributed by atoms with E-state index < -0.39 is 20.0 Å². The van der Waals surface area contributed by atoms with E-state index in [0.717, 1.165) is 6.42 Å². The van der Waals surface area contributed by atoms with Crippen LogP contribution in [0.1, 0.15) is 19.8 Å². The minimum atomic E-state index is -3.82. The van der Waals surface area contributed by atoms with Crippen LogP contribution in [0.3, 0.4) is 0 Å². The summed E-state index contributed by atoms with van der Waals surface area (Å²) < 4.78 is 63.5. The molecular formula is C16H26N2O6S2. The Hall–Kier alpha value is -1.36. The number of piperazine rings is 1. The highest BCUT2D eigenvalue weighted by Gasteiger charge is 2.34. The Kier molecular flexibility index (Phi) is 6.89. The minimum Gasteiger partial charge on any atom is -0.497 e. The lowest BCUT2D eigenvalue weighted by Crippen LogP contribution is -2.50. The van der Waals surface area contributed by atoms with Gasteiger partial charge in [-0.05, 0) is 18.6 Å². The van der Waals surface area contributed by atoms with Crippen molar-refractivity contribution in [1.29, 1.82) is 0 Å². The lowest BCUT2D eigenvalue weighted by Gasteiger charge is -2.33. The van der Waals surface area contributed by atoms with Crippen LogP contribution in [0.25, 0.3) is 0 Å². The number of sulfonamides is 2. The highest BCUT2D eigenvalue weighted by molar-refractivity contribution is 7.89. The summed E-state index contributed by atoms with van der Waals surface area (Å²) >= 11 is 0. The standard InChI is InChI=1S/C16H26N2O6S2/c1-4-5-12-25(19,20)17-8-10-18(11-9-17)26(21,22)16-13-14(23-2)6-7-15(16)24-3/h6-7,13H,4-5,8-12H2,1-3H3. The fraction of sp³-hybridized carbons (Fsp3) is 0.625. The highest BCUT2D eigenvalue weighted by atomic mass is 32.2. The Bertz CT molecular complexity index is 815. The number of hydrogen-bond donors (Lipinski definition) is 0. The van der Waals surface area contributed by atoms with Gasteiger partial charge in [-0.3, -0.25) is 0 Å². The first kappa shape index (κ1) is 20.9. The first-order chi connectivity index (χ1) is 12.3. The van der Waals surface area contributed by atoms with E-state index in [-0.39, 0.29) is 42.6 Å². The van der Waals surface area contributed by atoms with Crippen molar-refractivity contribution >= 4 is 20.0 Å². The van der Waals surface area contributed by atoms with Crippen molar-refractivity contribution in [2.45, 2.75) is 24.7 Å². The Balaban J connectivity index is 2.18. The van der Waals surface area contributed by atoms with Crippen LogP contribution in [0.5, 0.6) is 11.5 Å². The normalized spacial score (nSPS) is 17.2. The molecule has 1 aliphatic heterocycles. The summed E-state index contributed by atoms with van der Waals surface area (Å²) in [5.74, 6) is 0.730. The number of benzene rings is 1. The van der Waals surface area contributed by atoms with Gasteiger partial charge in [0.15, 0.2) is 0 Å². The van der Waals surface area contributed by atoms with Crippen LogP contribution in [0, 0.1) is 0 Å². The Morgan fingerprint density at radius 2 is 1.58 bits per heavy atom. The van der Waals surface area contributed by atoms with E-state index in [1.807, 2.05) is 6.92 Å². The third kappa shape index (κ3) is 4.48. The van der Waals surface area contributed by atoms with Gasteiger partial charge in [0.1, 0.15) is 16.4 Å². The summed E-state index contributed by atoms with van der Waals surface area (Å²) in [6.45, 7) is 2.44. The molecule has 0 radical (unpaired) electrons. The summed E-state index contributed by atoms with van der Waals surface area (Å²) in [6.07, 6.45) is 1.39. The van der Waals surface area contributed by atoms with Crippen molar-refractivity contribution in [3.05, 3.63) is 18.2 Å². The van der Waals surface area contributed by atoms with Crippen LogP contribution < -0.4 is 9.47 Å². The van der Waals surface area contributed by atoms with Crippen LogP contribution in [0.2, 0.25) is 0 Å². The molecule has 1 saturated heterocycles. The van der Waals surface area contributed by atoms with Gasteiger partial charge < -0.3 is 9.47 Å². The molecule has 148 valence electrons. The summed E-state index contributed by atoms with van der Waals surface area (Å²) in [4.78, 5) is 0.0154. The number of nitrogens with zero attached hydrogens (tertiary/aromatic N) is 2. The van der Waals surface area contributed by atoms with Gasteiger partial charge in [-0.1, -0.05) is 13.3 Å². The molecule has 0 N–H and O–H groups in total. The van der Waals surface area contributed by atoms with E-state index in [4.69, 9.17) is 9.47 Å². The zero-order valence-electron chi connectivity index (χ0n) is 15.3. The fourth-order valence-corrected chi connectivity index (χ4v) is 5.99. The molecule has 0 atom stereocenters. The first-order valence-electron chi connectivity index (χ1n) is 8.46. The summed E-state index contributed by atoms with van der Waals surface area (Å²) in [7, 11) is -4.29. The molecule has 8 nitrogen and oxygen atoms in total. The third-order valence-corrected chi connectivity index (χ3v) is 8.21. The molecule has 1 aromatic rings. The topological polar surface area (TPSA) is 93.2 Å². The van der Waals surface area contributed by atoms with Crippen molar-refractivity contribution in [2.24, 2.45) is 0 Å². The molecule has 0 spiro atoms. The zero-order valence-corrected chi connectivity index (χ0v) is 17.0. The van der Waals surface area contributed by atoms with E-state index in [9.17, 15) is 16.8 Å². The molecule has 1 aliphatic rings. The molecule has 0 bridgehead atoms. The fourth-order valence-electron chi connectivity index (χ4n) is 2.77. The van der Waals surface area contributed by atoms with Crippen LogP contribution in [0.4, 0.5) is 0 Å². The summed E-state index contributed by atoms with van der Waals surface area (Å²) in [5, 5.41) is 0. The number of methoxy groups -OCH3 is 2. The van der Waals surface area contributed by atoms with E-state index >= 15 is 0 Å². The van der Waals surface area contributed by atoms with Crippen molar-refractivity contribution in [3.63, 3.8) is 0 Å². The summed E-state index contributed by atoms with van der Waals surface area (Å²) in [5.41, 5.74) is 0. The van der Waals surface area contributed by atoms with Crippen molar-refractivity contribution in [1.82, 2.24) is 8.61 Å². The van der Waals surface area contributed by atoms with E-state index in [2.05, 4.69) is 0 Å². The molecule has 2 rings (SSSR count). The minimum absolute atomic E-state index is 0.0154. The predicted molar refractivity (Wildman–Crippen MR) is 98.6 cm³/mol. The van der Waals surface area contributed by atoms with Gasteiger partial charge in [0.25, 0.3) is 0 Å². The molecule has 0 aliphatic carbocycles. The predicted octanol–water partition coefficient (Wildman–Crippen LogP) is 1.14. The maximum absolute atomic E-state index is 13.0. The number of rotatable bonds is 8. The average molecular weight is 407 g/mol. The Labute approximate surface area is 155 Å². The molecule has 0 aromatic heterocycles. The Morgan fingerprint density at radius 1 is 0.962 bits per heavy atom. The first-order valence-corrected chi connectivity index (χ1v) is 11.5. The quantitative estimate of drug-likeness (QED) is 0.643. The smallest absolute Gasteiger partial charge is 0.246 e. The molecule has 0 unspecified atom stereocenters. The lowest BCUT2D eigenvalue weighted by molar-refractivity contribution is 0.271. The number of unbranched alkanes of at least 4 members (excludes halogenated alkanes) is 1. The molecule has 0 saturated carbocycles. The maximum atomic E-state index is 13.0. The molecule has 10 heteroatoms. The van der Waals surface area contributed by atoms with Crippen molar-refractivity contribution in [3.8, 4) is 11.5 Å². The molecule has 1 aromatic carbocycles. The largest absolute Gasteiger partial charge is 0.497 e. The number of ether oxygens (including phenoxy) is 2. The second kappa shape index (κ2) is 8.55. The number of hydrogen-bond acceptors (Lipinski definition) is 6. The van der Waals surface area contributed by atoms with Gasteiger partial charge in [-0.25, -0.2) is 16.8 Å². The van der Waals surface area contributed by atoms with Crippen molar-refractivity contribution in [2.75, 3.05) is 46.2 Å². The average Bonchev–Trinajstić information content (AvgIpc) is 2.65. The van der Waals surface area contributed by atoms with Crippen LogP contribution in [-0.4, -0.2) is 71.6 Å². The molecule has 0 amide bonds. The molecular weight excluding hydrogens is 380 g/mol. The third-order valence-electron chi connectivity index (χ3n) is 4.34. The van der Waals surface area contributed by atoms with Gasteiger partial charge in [0.05, 0.1) is 20.0 Å². The summed E-state index contributed by atoms with van der Waals surface area (Å²) in [6, 6.07) is 4.58. The van der Waals surface area contributed by atoms with Gasteiger partial charge in [0.2, 0.25) is 20.0 Å².